The van der Waals surface area contributed by atoms with Gasteiger partial charge in [0.1, 0.15) is 5.67 Å². The predicted molar refractivity (Wildman–Crippen MR) is 65.4 cm³/mol. The van der Waals surface area contributed by atoms with E-state index in [1.807, 2.05) is 32.0 Å². The Morgan fingerprint density at radius 3 is 2.27 bits per heavy atom. The molecular formula is C12H17BrFN. The highest BCUT2D eigenvalue weighted by molar-refractivity contribution is 9.10. The fourth-order valence-corrected chi connectivity index (χ4v) is 2.06. The number of hydrogen-bond donors (Lipinski definition) is 1. The van der Waals surface area contributed by atoms with E-state index in [1.165, 1.54) is 0 Å². The SMILES string of the molecule is CC(C)(CN)C(C)(F)c1ccccc1Br. The van der Waals surface area contributed by atoms with Crippen molar-refractivity contribution in [2.75, 3.05) is 6.54 Å². The van der Waals surface area contributed by atoms with Gasteiger partial charge < -0.3 is 5.73 Å². The molecule has 0 saturated heterocycles. The van der Waals surface area contributed by atoms with Crippen molar-refractivity contribution in [1.82, 2.24) is 0 Å². The summed E-state index contributed by atoms with van der Waals surface area (Å²) in [6, 6.07) is 7.35. The molecule has 0 heterocycles. The number of nitrogens with two attached hydrogens (primary N) is 1. The van der Waals surface area contributed by atoms with Gasteiger partial charge in [0.05, 0.1) is 0 Å². The molecule has 0 radical (unpaired) electrons. The third kappa shape index (κ3) is 2.23. The molecule has 0 aliphatic heterocycles. The molecule has 0 aromatic heterocycles. The highest BCUT2D eigenvalue weighted by Crippen LogP contribution is 2.44. The van der Waals surface area contributed by atoms with E-state index in [1.54, 1.807) is 13.0 Å². The Labute approximate surface area is 99.0 Å². The van der Waals surface area contributed by atoms with E-state index in [9.17, 15) is 4.39 Å². The molecule has 1 nitrogen and oxygen atoms in total. The molecule has 0 spiro atoms. The van der Waals surface area contributed by atoms with E-state index in [0.717, 1.165) is 4.47 Å². The Hall–Kier alpha value is -0.410. The van der Waals surface area contributed by atoms with Crippen LogP contribution in [0, 0.1) is 5.41 Å². The zero-order valence-corrected chi connectivity index (χ0v) is 10.9. The molecule has 0 bridgehead atoms. The molecule has 2 N–H and O–H groups in total. The van der Waals surface area contributed by atoms with E-state index < -0.39 is 11.1 Å². The van der Waals surface area contributed by atoms with Gasteiger partial charge in [-0.15, -0.1) is 0 Å². The Kier molecular flexibility index (Phi) is 3.56. The number of hydrogen-bond acceptors (Lipinski definition) is 1. The van der Waals surface area contributed by atoms with Crippen molar-refractivity contribution >= 4 is 15.9 Å². The van der Waals surface area contributed by atoms with E-state index in [4.69, 9.17) is 5.73 Å². The summed E-state index contributed by atoms with van der Waals surface area (Å²) in [6.45, 7) is 5.57. The van der Waals surface area contributed by atoms with Crippen LogP contribution in [0.4, 0.5) is 4.39 Å². The van der Waals surface area contributed by atoms with E-state index >= 15 is 0 Å². The van der Waals surface area contributed by atoms with E-state index in [0.29, 0.717) is 12.1 Å². The number of alkyl halides is 1. The number of rotatable bonds is 3. The second-order valence-corrected chi connectivity index (χ2v) is 5.43. The van der Waals surface area contributed by atoms with Crippen molar-refractivity contribution < 1.29 is 4.39 Å². The summed E-state index contributed by atoms with van der Waals surface area (Å²) in [6.07, 6.45) is 0. The largest absolute Gasteiger partial charge is 0.330 e. The van der Waals surface area contributed by atoms with Crippen LogP contribution in [0.5, 0.6) is 0 Å². The van der Waals surface area contributed by atoms with Gasteiger partial charge in [-0.3, -0.25) is 0 Å². The van der Waals surface area contributed by atoms with Gasteiger partial charge in [-0.25, -0.2) is 4.39 Å². The van der Waals surface area contributed by atoms with E-state index in [-0.39, 0.29) is 0 Å². The van der Waals surface area contributed by atoms with Gasteiger partial charge in [-0.05, 0) is 13.0 Å². The van der Waals surface area contributed by atoms with Crippen molar-refractivity contribution in [3.63, 3.8) is 0 Å². The maximum absolute atomic E-state index is 14.8. The minimum Gasteiger partial charge on any atom is -0.330 e. The van der Waals surface area contributed by atoms with Crippen LogP contribution in [-0.2, 0) is 5.67 Å². The first-order chi connectivity index (χ1) is 6.83. The van der Waals surface area contributed by atoms with Gasteiger partial charge in [-0.2, -0.15) is 0 Å². The molecule has 0 aliphatic rings. The minimum atomic E-state index is -1.44. The minimum absolute atomic E-state index is 0.307. The van der Waals surface area contributed by atoms with Crippen molar-refractivity contribution in [2.45, 2.75) is 26.4 Å². The van der Waals surface area contributed by atoms with Gasteiger partial charge >= 0.3 is 0 Å². The molecular weight excluding hydrogens is 257 g/mol. The second-order valence-electron chi connectivity index (χ2n) is 4.57. The highest BCUT2D eigenvalue weighted by Gasteiger charge is 2.42. The lowest BCUT2D eigenvalue weighted by Gasteiger charge is -2.37. The van der Waals surface area contributed by atoms with Crippen molar-refractivity contribution in [3.05, 3.63) is 34.3 Å². The Morgan fingerprint density at radius 2 is 1.80 bits per heavy atom. The average molecular weight is 274 g/mol. The van der Waals surface area contributed by atoms with Crippen molar-refractivity contribution in [1.29, 1.82) is 0 Å². The lowest BCUT2D eigenvalue weighted by Crippen LogP contribution is -2.41. The first-order valence-corrected chi connectivity index (χ1v) is 5.76. The summed E-state index contributed by atoms with van der Waals surface area (Å²) in [4.78, 5) is 0. The molecule has 3 heteroatoms. The van der Waals surface area contributed by atoms with Crippen molar-refractivity contribution in [3.8, 4) is 0 Å². The molecule has 1 aromatic rings. The third-order valence-electron chi connectivity index (χ3n) is 3.16. The second kappa shape index (κ2) is 4.22. The number of halogens is 2. The van der Waals surface area contributed by atoms with Gasteiger partial charge in [-0.1, -0.05) is 48.0 Å². The summed E-state index contributed by atoms with van der Waals surface area (Å²) < 4.78 is 15.5. The predicted octanol–water partition coefficient (Wildman–Crippen LogP) is 3.62. The Morgan fingerprint density at radius 1 is 1.27 bits per heavy atom. The van der Waals surface area contributed by atoms with Crippen LogP contribution in [0.3, 0.4) is 0 Å². The van der Waals surface area contributed by atoms with Crippen LogP contribution in [0.2, 0.25) is 0 Å². The summed E-state index contributed by atoms with van der Waals surface area (Å²) in [5.74, 6) is 0. The summed E-state index contributed by atoms with van der Waals surface area (Å²) in [5.41, 5.74) is 4.25. The molecule has 84 valence electrons. The van der Waals surface area contributed by atoms with Gasteiger partial charge in [0, 0.05) is 22.0 Å². The standard InChI is InChI=1S/C12H17BrFN/c1-11(2,8-15)12(3,14)9-6-4-5-7-10(9)13/h4-7H,8,15H2,1-3H3. The summed E-state index contributed by atoms with van der Waals surface area (Å²) in [7, 11) is 0. The molecule has 1 aromatic carbocycles. The molecule has 1 unspecified atom stereocenters. The molecule has 1 atom stereocenters. The monoisotopic (exact) mass is 273 g/mol. The summed E-state index contributed by atoms with van der Waals surface area (Å²) in [5, 5.41) is 0. The van der Waals surface area contributed by atoms with Crippen LogP contribution in [0.15, 0.2) is 28.7 Å². The van der Waals surface area contributed by atoms with Gasteiger partial charge in [0.25, 0.3) is 0 Å². The van der Waals surface area contributed by atoms with Gasteiger partial charge in [0.15, 0.2) is 0 Å². The molecule has 0 fully saturated rings. The van der Waals surface area contributed by atoms with Crippen LogP contribution in [0.1, 0.15) is 26.3 Å². The van der Waals surface area contributed by atoms with Crippen LogP contribution in [0.25, 0.3) is 0 Å². The highest BCUT2D eigenvalue weighted by atomic mass is 79.9. The quantitative estimate of drug-likeness (QED) is 0.895. The molecule has 0 saturated carbocycles. The lowest BCUT2D eigenvalue weighted by molar-refractivity contribution is 0.0365. The fraction of sp³-hybridized carbons (Fsp3) is 0.500. The molecule has 0 amide bonds. The molecule has 1 rings (SSSR count). The summed E-state index contributed by atoms with van der Waals surface area (Å²) >= 11 is 3.37. The van der Waals surface area contributed by atoms with Crippen LogP contribution in [-0.4, -0.2) is 6.54 Å². The Bertz CT molecular complexity index is 347. The maximum atomic E-state index is 14.8. The topological polar surface area (TPSA) is 26.0 Å². The van der Waals surface area contributed by atoms with Gasteiger partial charge in [0.2, 0.25) is 0 Å². The fourth-order valence-electron chi connectivity index (χ4n) is 1.40. The van der Waals surface area contributed by atoms with Crippen LogP contribution < -0.4 is 5.73 Å². The average Bonchev–Trinajstić information content (AvgIpc) is 2.18. The first kappa shape index (κ1) is 12.7. The zero-order chi connectivity index (χ0) is 11.7. The van der Waals surface area contributed by atoms with Crippen molar-refractivity contribution in [2.24, 2.45) is 11.1 Å². The molecule has 0 aliphatic carbocycles. The van der Waals surface area contributed by atoms with E-state index in [2.05, 4.69) is 15.9 Å². The maximum Gasteiger partial charge on any atom is 0.140 e. The zero-order valence-electron chi connectivity index (χ0n) is 9.35. The third-order valence-corrected chi connectivity index (χ3v) is 3.85. The number of benzene rings is 1. The Balaban J connectivity index is 3.22. The first-order valence-electron chi connectivity index (χ1n) is 4.97. The molecule has 15 heavy (non-hydrogen) atoms. The smallest absolute Gasteiger partial charge is 0.140 e. The van der Waals surface area contributed by atoms with Crippen LogP contribution >= 0.6 is 15.9 Å². The normalized spacial score (nSPS) is 16.1. The lowest BCUT2D eigenvalue weighted by atomic mass is 9.73.